The molecule has 2 fully saturated rings. The third-order valence-corrected chi connectivity index (χ3v) is 5.12. The van der Waals surface area contributed by atoms with Crippen molar-refractivity contribution >= 4 is 0 Å². The molecule has 1 unspecified atom stereocenters. The Morgan fingerprint density at radius 2 is 1.72 bits per heavy atom. The van der Waals surface area contributed by atoms with Gasteiger partial charge in [-0.3, -0.25) is 0 Å². The first kappa shape index (κ1) is 14.3. The van der Waals surface area contributed by atoms with E-state index in [-0.39, 0.29) is 0 Å². The molecule has 1 saturated carbocycles. The van der Waals surface area contributed by atoms with Gasteiger partial charge in [0.05, 0.1) is 0 Å². The maximum Gasteiger partial charge on any atom is 0.00952 e. The largest absolute Gasteiger partial charge is 0.314 e. The number of nitrogens with zero attached hydrogens (tertiary/aromatic N) is 1. The lowest BCUT2D eigenvalue weighted by Gasteiger charge is -2.41. The van der Waals surface area contributed by atoms with Crippen molar-refractivity contribution in [3.05, 3.63) is 0 Å². The van der Waals surface area contributed by atoms with Crippen LogP contribution >= 0.6 is 0 Å². The molecule has 1 heterocycles. The smallest absolute Gasteiger partial charge is 0.00952 e. The van der Waals surface area contributed by atoms with Crippen LogP contribution in [-0.4, -0.2) is 36.6 Å². The Labute approximate surface area is 114 Å². The summed E-state index contributed by atoms with van der Waals surface area (Å²) >= 11 is 0. The standard InChI is InChI=1S/C16H32N2/c1-3-11-17-16-9-12-18(13-10-16)14(2)15-7-5-4-6-8-15/h14-17H,3-13H2,1-2H3. The van der Waals surface area contributed by atoms with Gasteiger partial charge in [-0.1, -0.05) is 26.2 Å². The molecule has 106 valence electrons. The van der Waals surface area contributed by atoms with Gasteiger partial charge < -0.3 is 10.2 Å². The van der Waals surface area contributed by atoms with E-state index in [9.17, 15) is 0 Å². The molecule has 2 heteroatoms. The Bertz CT molecular complexity index is 215. The van der Waals surface area contributed by atoms with Crippen LogP contribution < -0.4 is 5.32 Å². The zero-order valence-corrected chi connectivity index (χ0v) is 12.5. The molecule has 1 N–H and O–H groups in total. The van der Waals surface area contributed by atoms with Crippen LogP contribution in [0.2, 0.25) is 0 Å². The SMILES string of the molecule is CCCNC1CCN(C(C)C2CCCCC2)CC1. The molecule has 0 bridgehead atoms. The topological polar surface area (TPSA) is 15.3 Å². The number of hydrogen-bond acceptors (Lipinski definition) is 2. The summed E-state index contributed by atoms with van der Waals surface area (Å²) in [5.74, 6) is 0.985. The van der Waals surface area contributed by atoms with Gasteiger partial charge in [0.2, 0.25) is 0 Å². The fraction of sp³-hybridized carbons (Fsp3) is 1.00. The molecule has 18 heavy (non-hydrogen) atoms. The molecule has 0 aromatic carbocycles. The van der Waals surface area contributed by atoms with E-state index in [1.807, 2.05) is 0 Å². The number of rotatable bonds is 5. The van der Waals surface area contributed by atoms with Crippen LogP contribution in [0.4, 0.5) is 0 Å². The first-order valence-corrected chi connectivity index (χ1v) is 8.28. The average Bonchev–Trinajstić information content (AvgIpc) is 2.46. The lowest BCUT2D eigenvalue weighted by atomic mass is 9.83. The zero-order chi connectivity index (χ0) is 12.8. The van der Waals surface area contributed by atoms with Crippen molar-refractivity contribution in [3.8, 4) is 0 Å². The molecule has 2 nitrogen and oxygen atoms in total. The van der Waals surface area contributed by atoms with Crippen LogP contribution in [0.5, 0.6) is 0 Å². The second kappa shape index (κ2) is 7.49. The molecule has 1 saturated heterocycles. The molecular weight excluding hydrogens is 220 g/mol. The van der Waals surface area contributed by atoms with Gasteiger partial charge in [-0.25, -0.2) is 0 Å². The summed E-state index contributed by atoms with van der Waals surface area (Å²) in [6.45, 7) is 8.57. The third kappa shape index (κ3) is 3.96. The van der Waals surface area contributed by atoms with Crippen LogP contribution in [0.1, 0.15) is 65.2 Å². The Hall–Kier alpha value is -0.0800. The summed E-state index contributed by atoms with van der Waals surface area (Å²) in [6, 6.07) is 1.62. The Balaban J connectivity index is 1.71. The summed E-state index contributed by atoms with van der Waals surface area (Å²) in [4.78, 5) is 2.76. The molecule has 2 rings (SSSR count). The highest BCUT2D eigenvalue weighted by molar-refractivity contribution is 4.84. The van der Waals surface area contributed by atoms with E-state index in [0.29, 0.717) is 0 Å². The van der Waals surface area contributed by atoms with Crippen molar-refractivity contribution in [1.29, 1.82) is 0 Å². The molecule has 0 radical (unpaired) electrons. The normalized spacial score (nSPS) is 26.3. The van der Waals surface area contributed by atoms with Crippen LogP contribution in [0.15, 0.2) is 0 Å². The van der Waals surface area contributed by atoms with E-state index < -0.39 is 0 Å². The minimum atomic E-state index is 0.791. The molecule has 2 aliphatic rings. The monoisotopic (exact) mass is 252 g/mol. The Kier molecular flexibility index (Phi) is 5.97. The van der Waals surface area contributed by atoms with Crippen molar-refractivity contribution in [2.45, 2.75) is 77.3 Å². The van der Waals surface area contributed by atoms with Gasteiger partial charge in [-0.05, 0) is 64.6 Å². The molecule has 0 aromatic heterocycles. The van der Waals surface area contributed by atoms with E-state index in [2.05, 4.69) is 24.1 Å². The fourth-order valence-corrected chi connectivity index (χ4v) is 3.77. The highest BCUT2D eigenvalue weighted by Crippen LogP contribution is 2.30. The lowest BCUT2D eigenvalue weighted by molar-refractivity contribution is 0.0970. The van der Waals surface area contributed by atoms with Gasteiger partial charge in [0, 0.05) is 12.1 Å². The Morgan fingerprint density at radius 1 is 1.06 bits per heavy atom. The van der Waals surface area contributed by atoms with Gasteiger partial charge >= 0.3 is 0 Å². The minimum Gasteiger partial charge on any atom is -0.314 e. The van der Waals surface area contributed by atoms with Crippen LogP contribution in [-0.2, 0) is 0 Å². The summed E-state index contributed by atoms with van der Waals surface area (Å²) in [6.07, 6.45) is 11.4. The van der Waals surface area contributed by atoms with Gasteiger partial charge in [0.25, 0.3) is 0 Å². The van der Waals surface area contributed by atoms with Gasteiger partial charge in [-0.2, -0.15) is 0 Å². The minimum absolute atomic E-state index is 0.791. The summed E-state index contributed by atoms with van der Waals surface area (Å²) in [7, 11) is 0. The highest BCUT2D eigenvalue weighted by atomic mass is 15.2. The molecule has 0 aromatic rings. The van der Waals surface area contributed by atoms with Gasteiger partial charge in [0.1, 0.15) is 0 Å². The van der Waals surface area contributed by atoms with Crippen molar-refractivity contribution < 1.29 is 0 Å². The van der Waals surface area contributed by atoms with E-state index in [4.69, 9.17) is 0 Å². The number of likely N-dealkylation sites (tertiary alicyclic amines) is 1. The van der Waals surface area contributed by atoms with E-state index in [1.54, 1.807) is 0 Å². The predicted octanol–water partition coefficient (Wildman–Crippen LogP) is 3.42. The maximum absolute atomic E-state index is 3.68. The molecule has 1 atom stereocenters. The fourth-order valence-electron chi connectivity index (χ4n) is 3.77. The number of piperidine rings is 1. The molecule has 1 aliphatic carbocycles. The Morgan fingerprint density at radius 3 is 2.33 bits per heavy atom. The average molecular weight is 252 g/mol. The second-order valence-corrected chi connectivity index (χ2v) is 6.40. The summed E-state index contributed by atoms with van der Waals surface area (Å²) in [5, 5.41) is 3.68. The van der Waals surface area contributed by atoms with E-state index in [1.165, 1.54) is 71.0 Å². The van der Waals surface area contributed by atoms with Crippen molar-refractivity contribution in [2.24, 2.45) is 5.92 Å². The number of hydrogen-bond donors (Lipinski definition) is 1. The predicted molar refractivity (Wildman–Crippen MR) is 78.9 cm³/mol. The molecule has 0 spiro atoms. The zero-order valence-electron chi connectivity index (χ0n) is 12.5. The summed E-state index contributed by atoms with van der Waals surface area (Å²) in [5.41, 5.74) is 0. The maximum atomic E-state index is 3.68. The van der Waals surface area contributed by atoms with E-state index in [0.717, 1.165) is 18.0 Å². The number of nitrogens with one attached hydrogen (secondary N) is 1. The summed E-state index contributed by atoms with van der Waals surface area (Å²) < 4.78 is 0. The molecule has 0 amide bonds. The van der Waals surface area contributed by atoms with Crippen LogP contribution in [0.3, 0.4) is 0 Å². The third-order valence-electron chi connectivity index (χ3n) is 5.12. The lowest BCUT2D eigenvalue weighted by Crippen LogP contribution is -2.48. The highest BCUT2D eigenvalue weighted by Gasteiger charge is 2.28. The first-order chi connectivity index (χ1) is 8.81. The van der Waals surface area contributed by atoms with Crippen LogP contribution in [0.25, 0.3) is 0 Å². The van der Waals surface area contributed by atoms with Crippen LogP contribution in [0, 0.1) is 5.92 Å². The quantitative estimate of drug-likeness (QED) is 0.806. The second-order valence-electron chi connectivity index (χ2n) is 6.40. The van der Waals surface area contributed by atoms with Crippen molar-refractivity contribution in [3.63, 3.8) is 0 Å². The molecule has 1 aliphatic heterocycles. The first-order valence-electron chi connectivity index (χ1n) is 8.28. The van der Waals surface area contributed by atoms with Crippen molar-refractivity contribution in [2.75, 3.05) is 19.6 Å². The van der Waals surface area contributed by atoms with Gasteiger partial charge in [0.15, 0.2) is 0 Å². The molecular formula is C16H32N2. The van der Waals surface area contributed by atoms with E-state index >= 15 is 0 Å². The van der Waals surface area contributed by atoms with Gasteiger partial charge in [-0.15, -0.1) is 0 Å². The van der Waals surface area contributed by atoms with Crippen molar-refractivity contribution in [1.82, 2.24) is 10.2 Å².